The van der Waals surface area contributed by atoms with Gasteiger partial charge in [0.2, 0.25) is 12.7 Å². The van der Waals surface area contributed by atoms with Crippen molar-refractivity contribution in [2.75, 3.05) is 29.6 Å². The molecule has 136 valence electrons. The molecule has 0 saturated heterocycles. The van der Waals surface area contributed by atoms with Crippen LogP contribution in [-0.4, -0.2) is 34.3 Å². The highest BCUT2D eigenvalue weighted by Gasteiger charge is 2.24. The van der Waals surface area contributed by atoms with Crippen LogP contribution in [0, 0.1) is 0 Å². The molecular weight excluding hydrogens is 360 g/mol. The number of hydrogen-bond donors (Lipinski definition) is 1. The van der Waals surface area contributed by atoms with Gasteiger partial charge in [0.05, 0.1) is 22.8 Å². The lowest BCUT2D eigenvalue weighted by Gasteiger charge is -2.29. The molecular formula is C17H16N2O6S. The van der Waals surface area contributed by atoms with Gasteiger partial charge in [-0.15, -0.1) is 0 Å². The fourth-order valence-electron chi connectivity index (χ4n) is 2.87. The summed E-state index contributed by atoms with van der Waals surface area (Å²) in [6.45, 7) is 2.36. The minimum Gasteiger partial charge on any atom is -0.489 e. The first-order chi connectivity index (χ1) is 12.4. The van der Waals surface area contributed by atoms with Gasteiger partial charge < -0.3 is 19.1 Å². The molecule has 1 N–H and O–H groups in total. The lowest BCUT2D eigenvalue weighted by Crippen LogP contribution is -2.36. The first-order valence-electron chi connectivity index (χ1n) is 7.91. The molecule has 26 heavy (non-hydrogen) atoms. The lowest BCUT2D eigenvalue weighted by atomic mass is 10.2. The number of nitrogens with one attached hydrogen (secondary N) is 1. The number of carbonyl (C=O) groups excluding carboxylic acids is 1. The SMILES string of the molecule is CC(=O)N1CCOc2cc(NS(=O)(=O)c3ccc4c(c3)OCO4)ccc21. The number of nitrogens with zero attached hydrogens (tertiary/aromatic N) is 1. The molecule has 2 aliphatic heterocycles. The van der Waals surface area contributed by atoms with Gasteiger partial charge in [-0.05, 0) is 24.3 Å². The van der Waals surface area contributed by atoms with Crippen molar-refractivity contribution in [3.05, 3.63) is 36.4 Å². The van der Waals surface area contributed by atoms with Crippen LogP contribution in [0.5, 0.6) is 17.2 Å². The number of fused-ring (bicyclic) bond motifs is 2. The number of ether oxygens (including phenoxy) is 3. The molecule has 0 spiro atoms. The Bertz CT molecular complexity index is 989. The summed E-state index contributed by atoms with van der Waals surface area (Å²) < 4.78 is 43.7. The van der Waals surface area contributed by atoms with Crippen molar-refractivity contribution in [2.45, 2.75) is 11.8 Å². The smallest absolute Gasteiger partial charge is 0.262 e. The number of anilines is 2. The molecule has 2 heterocycles. The normalized spacial score (nSPS) is 15.2. The van der Waals surface area contributed by atoms with E-state index in [-0.39, 0.29) is 17.6 Å². The first-order valence-corrected chi connectivity index (χ1v) is 9.40. The molecule has 2 aromatic carbocycles. The Hall–Kier alpha value is -2.94. The van der Waals surface area contributed by atoms with Gasteiger partial charge in [0, 0.05) is 19.1 Å². The van der Waals surface area contributed by atoms with Crippen LogP contribution in [-0.2, 0) is 14.8 Å². The van der Waals surface area contributed by atoms with Gasteiger partial charge in [-0.25, -0.2) is 8.42 Å². The van der Waals surface area contributed by atoms with Crippen LogP contribution in [0.15, 0.2) is 41.3 Å². The summed E-state index contributed by atoms with van der Waals surface area (Å²) >= 11 is 0. The molecule has 2 aliphatic rings. The molecule has 4 rings (SSSR count). The molecule has 0 aromatic heterocycles. The highest BCUT2D eigenvalue weighted by molar-refractivity contribution is 7.92. The third-order valence-electron chi connectivity index (χ3n) is 4.11. The Balaban J connectivity index is 1.62. The van der Waals surface area contributed by atoms with Crippen molar-refractivity contribution in [1.82, 2.24) is 0 Å². The second kappa shape index (κ2) is 6.10. The van der Waals surface area contributed by atoms with E-state index in [0.29, 0.717) is 41.8 Å². The summed E-state index contributed by atoms with van der Waals surface area (Å²) in [6, 6.07) is 9.23. The molecule has 0 aliphatic carbocycles. The third kappa shape index (κ3) is 2.90. The van der Waals surface area contributed by atoms with E-state index in [2.05, 4.69) is 4.72 Å². The number of benzene rings is 2. The molecule has 2 aromatic rings. The summed E-state index contributed by atoms with van der Waals surface area (Å²) in [6.07, 6.45) is 0. The quantitative estimate of drug-likeness (QED) is 0.880. The standard InChI is InChI=1S/C17H16N2O6S/c1-11(20)19-6-7-23-16-8-12(2-4-14(16)19)18-26(21,22)13-3-5-15-17(9-13)25-10-24-15/h2-5,8-9,18H,6-7,10H2,1H3. The molecule has 9 heteroatoms. The fraction of sp³-hybridized carbons (Fsp3) is 0.235. The Morgan fingerprint density at radius 2 is 1.85 bits per heavy atom. The summed E-state index contributed by atoms with van der Waals surface area (Å²) in [5.74, 6) is 1.26. The third-order valence-corrected chi connectivity index (χ3v) is 5.49. The van der Waals surface area contributed by atoms with Gasteiger partial charge in [-0.2, -0.15) is 0 Å². The van der Waals surface area contributed by atoms with Gasteiger partial charge >= 0.3 is 0 Å². The number of carbonyl (C=O) groups is 1. The summed E-state index contributed by atoms with van der Waals surface area (Å²) in [7, 11) is -3.81. The van der Waals surface area contributed by atoms with Gasteiger partial charge in [0.15, 0.2) is 11.5 Å². The molecule has 1 amide bonds. The molecule has 0 bridgehead atoms. The zero-order valence-electron chi connectivity index (χ0n) is 13.9. The second-order valence-corrected chi connectivity index (χ2v) is 7.50. The zero-order valence-corrected chi connectivity index (χ0v) is 14.7. The average Bonchev–Trinajstić information content (AvgIpc) is 3.08. The maximum absolute atomic E-state index is 12.6. The molecule has 8 nitrogen and oxygen atoms in total. The topological polar surface area (TPSA) is 94.2 Å². The van der Waals surface area contributed by atoms with Crippen molar-refractivity contribution >= 4 is 27.3 Å². The van der Waals surface area contributed by atoms with E-state index in [0.717, 1.165) is 0 Å². The van der Waals surface area contributed by atoms with Crippen molar-refractivity contribution in [3.8, 4) is 17.2 Å². The minimum atomic E-state index is -3.81. The molecule has 0 radical (unpaired) electrons. The molecule has 0 fully saturated rings. The van der Waals surface area contributed by atoms with Gasteiger partial charge in [0.25, 0.3) is 10.0 Å². The monoisotopic (exact) mass is 376 g/mol. The van der Waals surface area contributed by atoms with E-state index in [4.69, 9.17) is 14.2 Å². The van der Waals surface area contributed by atoms with Gasteiger partial charge in [-0.1, -0.05) is 0 Å². The van der Waals surface area contributed by atoms with Gasteiger partial charge in [0.1, 0.15) is 12.4 Å². The van der Waals surface area contributed by atoms with E-state index < -0.39 is 10.0 Å². The number of sulfonamides is 1. The summed E-state index contributed by atoms with van der Waals surface area (Å²) in [5, 5.41) is 0. The predicted octanol–water partition coefficient (Wildman–Crippen LogP) is 1.96. The first kappa shape index (κ1) is 16.5. The van der Waals surface area contributed by atoms with E-state index in [1.807, 2.05) is 0 Å². The fourth-order valence-corrected chi connectivity index (χ4v) is 3.93. The van der Waals surface area contributed by atoms with Crippen LogP contribution in [0.2, 0.25) is 0 Å². The second-order valence-electron chi connectivity index (χ2n) is 5.82. The van der Waals surface area contributed by atoms with E-state index in [9.17, 15) is 13.2 Å². The van der Waals surface area contributed by atoms with Crippen LogP contribution >= 0.6 is 0 Å². The summed E-state index contributed by atoms with van der Waals surface area (Å²) in [4.78, 5) is 13.3. The van der Waals surface area contributed by atoms with Crippen molar-refractivity contribution in [2.24, 2.45) is 0 Å². The maximum atomic E-state index is 12.6. The van der Waals surface area contributed by atoms with Crippen LogP contribution in [0.4, 0.5) is 11.4 Å². The molecule has 0 unspecified atom stereocenters. The summed E-state index contributed by atoms with van der Waals surface area (Å²) in [5.41, 5.74) is 0.960. The highest BCUT2D eigenvalue weighted by Crippen LogP contribution is 2.36. The average molecular weight is 376 g/mol. The molecule has 0 atom stereocenters. The van der Waals surface area contributed by atoms with Gasteiger partial charge in [-0.3, -0.25) is 9.52 Å². The lowest BCUT2D eigenvalue weighted by molar-refractivity contribution is -0.116. The molecule has 0 saturated carbocycles. The Morgan fingerprint density at radius 1 is 1.04 bits per heavy atom. The van der Waals surface area contributed by atoms with Crippen molar-refractivity contribution in [3.63, 3.8) is 0 Å². The van der Waals surface area contributed by atoms with E-state index in [1.54, 1.807) is 29.2 Å². The van der Waals surface area contributed by atoms with Crippen LogP contribution < -0.4 is 23.8 Å². The Labute approximate surface area is 150 Å². The maximum Gasteiger partial charge on any atom is 0.262 e. The van der Waals surface area contributed by atoms with Crippen molar-refractivity contribution in [1.29, 1.82) is 0 Å². The minimum absolute atomic E-state index is 0.0609. The van der Waals surface area contributed by atoms with Crippen LogP contribution in [0.3, 0.4) is 0 Å². The number of hydrogen-bond acceptors (Lipinski definition) is 6. The van der Waals surface area contributed by atoms with Crippen molar-refractivity contribution < 1.29 is 27.4 Å². The largest absolute Gasteiger partial charge is 0.489 e. The highest BCUT2D eigenvalue weighted by atomic mass is 32.2. The Morgan fingerprint density at radius 3 is 2.65 bits per heavy atom. The Kier molecular flexibility index (Phi) is 3.87. The van der Waals surface area contributed by atoms with E-state index in [1.165, 1.54) is 19.1 Å². The number of rotatable bonds is 3. The number of amides is 1. The predicted molar refractivity (Wildman–Crippen MR) is 93.3 cm³/mol. The van der Waals surface area contributed by atoms with Crippen LogP contribution in [0.1, 0.15) is 6.92 Å². The van der Waals surface area contributed by atoms with Crippen LogP contribution in [0.25, 0.3) is 0 Å². The van der Waals surface area contributed by atoms with E-state index >= 15 is 0 Å². The zero-order chi connectivity index (χ0) is 18.3.